The summed E-state index contributed by atoms with van der Waals surface area (Å²) in [5.41, 5.74) is 0.0696. The number of hydrogen-bond acceptors (Lipinski definition) is 3. The van der Waals surface area contributed by atoms with Crippen molar-refractivity contribution in [3.63, 3.8) is 0 Å². The van der Waals surface area contributed by atoms with E-state index in [4.69, 9.17) is 5.21 Å². The monoisotopic (exact) mass is 497 g/mol. The molecule has 2 aromatic rings. The van der Waals surface area contributed by atoms with Gasteiger partial charge in [0.15, 0.2) is 5.69 Å². The predicted octanol–water partition coefficient (Wildman–Crippen LogP) is 4.15. The average molecular weight is 498 g/mol. The first-order valence-corrected chi connectivity index (χ1v) is 11.8. The van der Waals surface area contributed by atoms with Crippen molar-refractivity contribution in [1.82, 2.24) is 9.80 Å². The van der Waals surface area contributed by atoms with E-state index < -0.39 is 17.8 Å². The highest BCUT2D eigenvalue weighted by atomic mass is 19.4. The second-order valence-electron chi connectivity index (χ2n) is 8.88. The fourth-order valence-electron chi connectivity index (χ4n) is 4.57. The van der Waals surface area contributed by atoms with E-state index in [1.807, 2.05) is 30.3 Å². The van der Waals surface area contributed by atoms with E-state index >= 15 is 0 Å². The number of nitrogens with zero attached hydrogens (tertiary/aromatic N) is 2. The van der Waals surface area contributed by atoms with Crippen molar-refractivity contribution >= 4 is 17.4 Å². The number of anilines is 1. The van der Waals surface area contributed by atoms with Gasteiger partial charge in [0.2, 0.25) is 0 Å². The summed E-state index contributed by atoms with van der Waals surface area (Å²) in [6.07, 6.45) is -0.792. The van der Waals surface area contributed by atoms with E-state index in [0.717, 1.165) is 56.5 Å². The summed E-state index contributed by atoms with van der Waals surface area (Å²) in [4.78, 5) is 17.5. The largest absolute Gasteiger partial charge is 0.422 e. The SMILES string of the molecule is CCCC(C)N1CCC(N(Cc2ccccc2)C(=O)Nc2ccc([NH2+]O)c(C(F)(F)F)c2)CC1.O. The minimum absolute atomic E-state index is 0. The molecule has 2 amide bonds. The molecule has 1 aliphatic heterocycles. The third kappa shape index (κ3) is 7.66. The Bertz CT molecular complexity index is 935. The molecule has 0 bridgehead atoms. The Balaban J connectivity index is 0.00000432. The van der Waals surface area contributed by atoms with Gasteiger partial charge in [-0.05, 0) is 43.9 Å². The van der Waals surface area contributed by atoms with E-state index in [1.165, 1.54) is 6.07 Å². The zero-order valence-corrected chi connectivity index (χ0v) is 20.2. The molecule has 1 aliphatic rings. The Morgan fingerprint density at radius 3 is 2.43 bits per heavy atom. The molecule has 0 radical (unpaired) electrons. The van der Waals surface area contributed by atoms with Crippen molar-refractivity contribution in [3.8, 4) is 0 Å². The second-order valence-corrected chi connectivity index (χ2v) is 8.88. The van der Waals surface area contributed by atoms with Crippen LogP contribution >= 0.6 is 0 Å². The molecular weight excluding hydrogens is 461 g/mol. The summed E-state index contributed by atoms with van der Waals surface area (Å²) in [5, 5.41) is 11.8. The van der Waals surface area contributed by atoms with Gasteiger partial charge in [-0.15, -0.1) is 0 Å². The molecule has 0 aliphatic carbocycles. The summed E-state index contributed by atoms with van der Waals surface area (Å²) in [5.74, 6) is 0. The van der Waals surface area contributed by atoms with Gasteiger partial charge in [-0.3, -0.25) is 0 Å². The van der Waals surface area contributed by atoms with Crippen molar-refractivity contribution in [2.45, 2.75) is 64.3 Å². The van der Waals surface area contributed by atoms with Crippen LogP contribution in [0.1, 0.15) is 50.7 Å². The normalized spacial score (nSPS) is 15.8. The highest BCUT2D eigenvalue weighted by molar-refractivity contribution is 5.90. The van der Waals surface area contributed by atoms with Crippen LogP contribution in [0.4, 0.5) is 29.3 Å². The quantitative estimate of drug-likeness (QED) is 0.377. The van der Waals surface area contributed by atoms with E-state index in [0.29, 0.717) is 18.1 Å². The molecule has 6 N–H and O–H groups in total. The highest BCUT2D eigenvalue weighted by Gasteiger charge is 2.36. The van der Waals surface area contributed by atoms with Crippen molar-refractivity contribution < 1.29 is 34.1 Å². The first kappa shape index (κ1) is 28.6. The topological polar surface area (TPSA) is 104 Å². The lowest BCUT2D eigenvalue weighted by Gasteiger charge is -2.40. The average Bonchev–Trinajstić information content (AvgIpc) is 2.83. The molecule has 35 heavy (non-hydrogen) atoms. The first-order chi connectivity index (χ1) is 16.2. The molecule has 0 spiro atoms. The summed E-state index contributed by atoms with van der Waals surface area (Å²) in [6.45, 7) is 6.53. The number of quaternary nitrogens is 1. The van der Waals surface area contributed by atoms with Gasteiger partial charge in [0.1, 0.15) is 5.56 Å². The summed E-state index contributed by atoms with van der Waals surface area (Å²) in [6, 6.07) is 13.0. The summed E-state index contributed by atoms with van der Waals surface area (Å²) >= 11 is 0. The van der Waals surface area contributed by atoms with Crippen molar-refractivity contribution in [3.05, 3.63) is 59.7 Å². The number of piperidine rings is 1. The molecular formula is C25H36F3N4O3+. The number of nitrogens with two attached hydrogens (primary N) is 1. The van der Waals surface area contributed by atoms with E-state index in [2.05, 4.69) is 24.1 Å². The maximum atomic E-state index is 13.4. The van der Waals surface area contributed by atoms with Crippen LogP contribution in [0.15, 0.2) is 48.5 Å². The zero-order chi connectivity index (χ0) is 24.7. The first-order valence-electron chi connectivity index (χ1n) is 11.8. The van der Waals surface area contributed by atoms with E-state index in [1.54, 1.807) is 4.90 Å². The van der Waals surface area contributed by atoms with Gasteiger partial charge in [-0.25, -0.2) is 10.0 Å². The third-order valence-electron chi connectivity index (χ3n) is 6.48. The zero-order valence-electron chi connectivity index (χ0n) is 20.2. The van der Waals surface area contributed by atoms with Gasteiger partial charge in [0.05, 0.1) is 0 Å². The van der Waals surface area contributed by atoms with Gasteiger partial charge in [0, 0.05) is 43.5 Å². The highest BCUT2D eigenvalue weighted by Crippen LogP contribution is 2.35. The minimum atomic E-state index is -4.65. The van der Waals surface area contributed by atoms with Crippen LogP contribution in [0.5, 0.6) is 0 Å². The Morgan fingerprint density at radius 2 is 1.86 bits per heavy atom. The van der Waals surface area contributed by atoms with Gasteiger partial charge in [-0.1, -0.05) is 43.7 Å². The number of rotatable bonds is 8. The third-order valence-corrected chi connectivity index (χ3v) is 6.48. The molecule has 1 heterocycles. The van der Waals surface area contributed by atoms with Gasteiger partial charge in [0.25, 0.3) is 0 Å². The number of hydrogen-bond donors (Lipinski definition) is 3. The number of carbonyl (C=O) groups is 1. The molecule has 10 heteroatoms. The lowest BCUT2D eigenvalue weighted by molar-refractivity contribution is -0.826. The molecule has 1 unspecified atom stereocenters. The Labute approximate surface area is 204 Å². The number of carbonyl (C=O) groups excluding carboxylic acids is 1. The fourth-order valence-corrected chi connectivity index (χ4v) is 4.57. The molecule has 194 valence electrons. The van der Waals surface area contributed by atoms with Crippen LogP contribution in [0.3, 0.4) is 0 Å². The fraction of sp³-hybridized carbons (Fsp3) is 0.480. The second kappa shape index (κ2) is 12.9. The lowest BCUT2D eigenvalue weighted by Crippen LogP contribution is -2.74. The minimum Gasteiger partial charge on any atom is -0.412 e. The van der Waals surface area contributed by atoms with Crippen LogP contribution in [0.25, 0.3) is 0 Å². The van der Waals surface area contributed by atoms with Crippen molar-refractivity contribution in [2.24, 2.45) is 0 Å². The lowest BCUT2D eigenvalue weighted by atomic mass is 10.00. The van der Waals surface area contributed by atoms with Crippen LogP contribution in [0.2, 0.25) is 0 Å². The van der Waals surface area contributed by atoms with Crippen LogP contribution in [-0.4, -0.2) is 51.7 Å². The van der Waals surface area contributed by atoms with Gasteiger partial charge < -0.3 is 20.6 Å². The maximum Gasteiger partial charge on any atom is 0.422 e. The standard InChI is InChI=1S/C25H33F3N4O2.H2O/c1-3-7-18(2)31-14-12-21(13-15-31)32(17-19-8-5-4-6-9-19)24(33)29-20-10-11-23(30-34)22(16-20)25(26,27)28;/h4-6,8-11,16,18,21,30,34H,3,7,12-15,17H2,1-2H3,(H,29,33);1H2/p+1. The molecule has 2 aromatic carbocycles. The number of amides is 2. The summed E-state index contributed by atoms with van der Waals surface area (Å²) in [7, 11) is 0. The molecule has 1 atom stereocenters. The number of nitrogens with one attached hydrogen (secondary N) is 1. The molecule has 1 saturated heterocycles. The molecule has 3 rings (SSSR count). The Morgan fingerprint density at radius 1 is 1.20 bits per heavy atom. The van der Waals surface area contributed by atoms with Gasteiger partial charge >= 0.3 is 12.2 Å². The number of benzene rings is 2. The molecule has 1 fully saturated rings. The summed E-state index contributed by atoms with van der Waals surface area (Å²) < 4.78 is 40.2. The Hall–Kier alpha value is -2.66. The van der Waals surface area contributed by atoms with Crippen LogP contribution < -0.4 is 10.8 Å². The molecule has 0 saturated carbocycles. The van der Waals surface area contributed by atoms with Crippen LogP contribution in [-0.2, 0) is 12.7 Å². The number of likely N-dealkylation sites (tertiary alicyclic amines) is 1. The smallest absolute Gasteiger partial charge is 0.412 e. The van der Waals surface area contributed by atoms with E-state index in [-0.39, 0.29) is 22.9 Å². The molecule has 0 aromatic heterocycles. The van der Waals surface area contributed by atoms with Crippen LogP contribution in [0, 0.1) is 0 Å². The van der Waals surface area contributed by atoms with Gasteiger partial charge in [-0.2, -0.15) is 18.7 Å². The molecule has 7 nitrogen and oxygen atoms in total. The predicted molar refractivity (Wildman–Crippen MR) is 128 cm³/mol. The van der Waals surface area contributed by atoms with Crippen molar-refractivity contribution in [2.75, 3.05) is 18.4 Å². The number of halogens is 3. The number of urea groups is 1. The Kier molecular flexibility index (Phi) is 10.5. The number of alkyl halides is 3. The van der Waals surface area contributed by atoms with E-state index in [9.17, 15) is 18.0 Å². The van der Waals surface area contributed by atoms with Crippen molar-refractivity contribution in [1.29, 1.82) is 0 Å². The maximum absolute atomic E-state index is 13.4.